The highest BCUT2D eigenvalue weighted by Crippen LogP contribution is 2.58. The van der Waals surface area contributed by atoms with E-state index in [1.807, 2.05) is 0 Å². The standard InChI is InChI=1S/C12H18BrFNO3P/c1-4-17-19(16,18-5-2)12(15)10-7-9(13)6-8(3)11(10)14/h6-7,12H,4-5,15H2,1-3H3/t12-/m0/s1. The van der Waals surface area contributed by atoms with Gasteiger partial charge in [0, 0.05) is 10.0 Å². The predicted molar refractivity (Wildman–Crippen MR) is 76.6 cm³/mol. The summed E-state index contributed by atoms with van der Waals surface area (Å²) in [5.41, 5.74) is 6.45. The van der Waals surface area contributed by atoms with Crippen molar-refractivity contribution in [2.75, 3.05) is 13.2 Å². The van der Waals surface area contributed by atoms with Crippen LogP contribution in [0.4, 0.5) is 4.39 Å². The summed E-state index contributed by atoms with van der Waals surface area (Å²) in [7, 11) is -3.58. The van der Waals surface area contributed by atoms with E-state index in [1.54, 1.807) is 26.8 Å². The van der Waals surface area contributed by atoms with Crippen LogP contribution < -0.4 is 5.73 Å². The van der Waals surface area contributed by atoms with Crippen molar-refractivity contribution >= 4 is 23.5 Å². The number of benzene rings is 1. The lowest BCUT2D eigenvalue weighted by Crippen LogP contribution is -2.17. The molecule has 0 radical (unpaired) electrons. The van der Waals surface area contributed by atoms with Gasteiger partial charge in [-0.05, 0) is 38.5 Å². The molecular formula is C12H18BrFNO3P. The van der Waals surface area contributed by atoms with E-state index in [0.29, 0.717) is 10.0 Å². The monoisotopic (exact) mass is 353 g/mol. The van der Waals surface area contributed by atoms with Crippen molar-refractivity contribution < 1.29 is 18.0 Å². The molecule has 0 saturated carbocycles. The normalized spacial score (nSPS) is 13.6. The number of hydrogen-bond acceptors (Lipinski definition) is 4. The molecule has 1 aromatic carbocycles. The van der Waals surface area contributed by atoms with Crippen LogP contribution in [-0.4, -0.2) is 13.2 Å². The summed E-state index contributed by atoms with van der Waals surface area (Å²) in [5.74, 6) is -1.64. The third-order valence-corrected chi connectivity index (χ3v) is 5.18. The van der Waals surface area contributed by atoms with Crippen molar-refractivity contribution in [2.45, 2.75) is 26.6 Å². The molecule has 1 aromatic rings. The fourth-order valence-electron chi connectivity index (χ4n) is 1.69. The van der Waals surface area contributed by atoms with Crippen LogP contribution in [0.2, 0.25) is 0 Å². The molecule has 0 fully saturated rings. The average Bonchev–Trinajstić information content (AvgIpc) is 2.33. The Morgan fingerprint density at radius 2 is 1.89 bits per heavy atom. The SMILES string of the molecule is CCOP(=O)(OCC)[C@H](N)c1cc(Br)cc(C)c1F. The molecule has 0 aliphatic rings. The van der Waals surface area contributed by atoms with Crippen molar-refractivity contribution in [2.24, 2.45) is 5.73 Å². The Hall–Kier alpha value is -0.260. The topological polar surface area (TPSA) is 61.5 Å². The van der Waals surface area contributed by atoms with E-state index in [-0.39, 0.29) is 18.8 Å². The van der Waals surface area contributed by atoms with E-state index < -0.39 is 19.2 Å². The maximum Gasteiger partial charge on any atom is 0.351 e. The second-order valence-corrected chi connectivity index (χ2v) is 7.01. The zero-order chi connectivity index (χ0) is 14.6. The molecule has 4 nitrogen and oxygen atoms in total. The van der Waals surface area contributed by atoms with Gasteiger partial charge in [-0.1, -0.05) is 15.9 Å². The van der Waals surface area contributed by atoms with Gasteiger partial charge in [0.1, 0.15) is 11.6 Å². The van der Waals surface area contributed by atoms with E-state index in [1.165, 1.54) is 6.07 Å². The van der Waals surface area contributed by atoms with Crippen molar-refractivity contribution in [3.05, 3.63) is 33.5 Å². The molecule has 7 heteroatoms. The van der Waals surface area contributed by atoms with Gasteiger partial charge in [-0.3, -0.25) is 4.57 Å². The third-order valence-electron chi connectivity index (χ3n) is 2.52. The second-order valence-electron chi connectivity index (χ2n) is 3.95. The van der Waals surface area contributed by atoms with Gasteiger partial charge in [-0.25, -0.2) is 4.39 Å². The number of halogens is 2. The molecule has 0 aromatic heterocycles. The van der Waals surface area contributed by atoms with Gasteiger partial charge in [-0.2, -0.15) is 0 Å². The third kappa shape index (κ3) is 3.86. The molecule has 108 valence electrons. The summed E-state index contributed by atoms with van der Waals surface area (Å²) in [6.45, 7) is 5.34. The minimum Gasteiger partial charge on any atom is -0.314 e. The van der Waals surface area contributed by atoms with Crippen LogP contribution in [0.15, 0.2) is 16.6 Å². The largest absolute Gasteiger partial charge is 0.351 e. The zero-order valence-corrected chi connectivity index (χ0v) is 13.6. The molecule has 0 bridgehead atoms. The second kappa shape index (κ2) is 6.95. The van der Waals surface area contributed by atoms with Crippen LogP contribution in [0.1, 0.15) is 30.8 Å². The Kier molecular flexibility index (Phi) is 6.15. The first-order chi connectivity index (χ1) is 8.85. The van der Waals surface area contributed by atoms with Gasteiger partial charge in [0.2, 0.25) is 0 Å². The Bertz CT molecular complexity index is 488. The van der Waals surface area contributed by atoms with Gasteiger partial charge in [0.05, 0.1) is 13.2 Å². The first kappa shape index (κ1) is 16.8. The molecule has 0 amide bonds. The van der Waals surface area contributed by atoms with Crippen LogP contribution in [0, 0.1) is 12.7 Å². The minimum absolute atomic E-state index is 0.122. The van der Waals surface area contributed by atoms with Crippen molar-refractivity contribution in [3.8, 4) is 0 Å². The lowest BCUT2D eigenvalue weighted by Gasteiger charge is -2.24. The lowest BCUT2D eigenvalue weighted by molar-refractivity contribution is 0.212. The van der Waals surface area contributed by atoms with Gasteiger partial charge in [0.15, 0.2) is 0 Å². The van der Waals surface area contributed by atoms with E-state index in [4.69, 9.17) is 14.8 Å². The molecule has 0 aliphatic heterocycles. The Morgan fingerprint density at radius 1 is 1.37 bits per heavy atom. The zero-order valence-electron chi connectivity index (χ0n) is 11.2. The summed E-state index contributed by atoms with van der Waals surface area (Å²) in [4.78, 5) is 0. The highest BCUT2D eigenvalue weighted by atomic mass is 79.9. The minimum atomic E-state index is -3.58. The van der Waals surface area contributed by atoms with Crippen molar-refractivity contribution in [3.63, 3.8) is 0 Å². The average molecular weight is 354 g/mol. The highest BCUT2D eigenvalue weighted by Gasteiger charge is 2.36. The fourth-order valence-corrected chi connectivity index (χ4v) is 3.93. The number of rotatable bonds is 6. The van der Waals surface area contributed by atoms with E-state index in [0.717, 1.165) is 0 Å². The van der Waals surface area contributed by atoms with Gasteiger partial charge < -0.3 is 14.8 Å². The molecular weight excluding hydrogens is 336 g/mol. The summed E-state index contributed by atoms with van der Waals surface area (Å²) >= 11 is 3.27. The van der Waals surface area contributed by atoms with E-state index >= 15 is 0 Å². The maximum atomic E-state index is 14.1. The molecule has 1 rings (SSSR count). The summed E-state index contributed by atoms with van der Waals surface area (Å²) in [6.07, 6.45) is 0. The highest BCUT2D eigenvalue weighted by molar-refractivity contribution is 9.10. The van der Waals surface area contributed by atoms with Crippen molar-refractivity contribution in [1.82, 2.24) is 0 Å². The van der Waals surface area contributed by atoms with Crippen LogP contribution in [-0.2, 0) is 13.6 Å². The number of nitrogens with two attached hydrogens (primary N) is 1. The maximum absolute atomic E-state index is 14.1. The Labute approximate surface area is 121 Å². The quantitative estimate of drug-likeness (QED) is 0.781. The molecule has 0 heterocycles. The van der Waals surface area contributed by atoms with Crippen LogP contribution in [0.5, 0.6) is 0 Å². The van der Waals surface area contributed by atoms with Gasteiger partial charge in [0.25, 0.3) is 0 Å². The molecule has 0 spiro atoms. The van der Waals surface area contributed by atoms with Gasteiger partial charge in [-0.15, -0.1) is 0 Å². The molecule has 0 unspecified atom stereocenters. The Balaban J connectivity index is 3.24. The predicted octanol–water partition coefficient (Wildman–Crippen LogP) is 4.12. The van der Waals surface area contributed by atoms with E-state index in [2.05, 4.69) is 15.9 Å². The number of hydrogen-bond donors (Lipinski definition) is 1. The smallest absolute Gasteiger partial charge is 0.314 e. The van der Waals surface area contributed by atoms with E-state index in [9.17, 15) is 8.96 Å². The van der Waals surface area contributed by atoms with Crippen LogP contribution in [0.25, 0.3) is 0 Å². The molecule has 1 atom stereocenters. The van der Waals surface area contributed by atoms with Crippen molar-refractivity contribution in [1.29, 1.82) is 0 Å². The van der Waals surface area contributed by atoms with Gasteiger partial charge >= 0.3 is 7.60 Å². The number of aryl methyl sites for hydroxylation is 1. The summed E-state index contributed by atoms with van der Waals surface area (Å²) < 4.78 is 37.6. The van der Waals surface area contributed by atoms with Crippen LogP contribution in [0.3, 0.4) is 0 Å². The molecule has 19 heavy (non-hydrogen) atoms. The first-order valence-electron chi connectivity index (χ1n) is 5.95. The molecule has 0 saturated heterocycles. The summed E-state index contributed by atoms with van der Waals surface area (Å²) in [6, 6.07) is 3.12. The molecule has 0 aliphatic carbocycles. The summed E-state index contributed by atoms with van der Waals surface area (Å²) in [5, 5.41) is 0. The lowest BCUT2D eigenvalue weighted by atomic mass is 10.1. The Morgan fingerprint density at radius 3 is 2.37 bits per heavy atom. The first-order valence-corrected chi connectivity index (χ1v) is 8.36. The van der Waals surface area contributed by atoms with Crippen LogP contribution >= 0.6 is 23.5 Å². The molecule has 2 N–H and O–H groups in total. The fraction of sp³-hybridized carbons (Fsp3) is 0.500.